The lowest BCUT2D eigenvalue weighted by Crippen LogP contribution is -2.48. The molecule has 0 rings (SSSR count). The highest BCUT2D eigenvalue weighted by molar-refractivity contribution is 5.87. The van der Waals surface area contributed by atoms with Gasteiger partial charge in [-0.1, -0.05) is 13.8 Å². The van der Waals surface area contributed by atoms with Crippen LogP contribution in [0.1, 0.15) is 61.8 Å². The minimum Gasteiger partial charge on any atom is -0.458 e. The van der Waals surface area contributed by atoms with Crippen LogP contribution in [0, 0.1) is 5.92 Å². The second kappa shape index (κ2) is 8.89. The SMILES string of the molecule is CC(C)C[C@H](NC(=O)CNC(=O)OC(C)(C)C)C(=O)OC(C)(C)C. The van der Waals surface area contributed by atoms with Gasteiger partial charge in [-0.15, -0.1) is 0 Å². The fourth-order valence-corrected chi connectivity index (χ4v) is 1.77. The smallest absolute Gasteiger partial charge is 0.408 e. The molecule has 0 radical (unpaired) electrons. The second-order valence-electron chi connectivity index (χ2n) is 8.14. The quantitative estimate of drug-likeness (QED) is 0.722. The van der Waals surface area contributed by atoms with E-state index in [0.29, 0.717) is 6.42 Å². The van der Waals surface area contributed by atoms with Crippen LogP contribution < -0.4 is 10.6 Å². The molecule has 0 unspecified atom stereocenters. The van der Waals surface area contributed by atoms with Crippen LogP contribution in [0.15, 0.2) is 0 Å². The van der Waals surface area contributed by atoms with Gasteiger partial charge in [0, 0.05) is 0 Å². The molecule has 7 nitrogen and oxygen atoms in total. The number of alkyl carbamates (subject to hydrolysis) is 1. The molecule has 0 saturated heterocycles. The Morgan fingerprint density at radius 2 is 1.42 bits per heavy atom. The average molecular weight is 344 g/mol. The van der Waals surface area contributed by atoms with Crippen molar-refractivity contribution in [3.8, 4) is 0 Å². The van der Waals surface area contributed by atoms with Crippen molar-refractivity contribution in [1.29, 1.82) is 0 Å². The Morgan fingerprint density at radius 3 is 1.83 bits per heavy atom. The van der Waals surface area contributed by atoms with Crippen LogP contribution in [0.3, 0.4) is 0 Å². The number of rotatable bonds is 6. The van der Waals surface area contributed by atoms with Gasteiger partial charge in [0.1, 0.15) is 23.8 Å². The highest BCUT2D eigenvalue weighted by atomic mass is 16.6. The molecule has 2 amide bonds. The molecule has 0 aromatic rings. The van der Waals surface area contributed by atoms with Crippen molar-refractivity contribution in [2.24, 2.45) is 5.92 Å². The summed E-state index contributed by atoms with van der Waals surface area (Å²) < 4.78 is 10.4. The summed E-state index contributed by atoms with van der Waals surface area (Å²) in [7, 11) is 0. The van der Waals surface area contributed by atoms with E-state index < -0.39 is 35.2 Å². The zero-order valence-electron chi connectivity index (χ0n) is 16.1. The molecule has 0 bridgehead atoms. The predicted octanol–water partition coefficient (Wildman–Crippen LogP) is 2.38. The summed E-state index contributed by atoms with van der Waals surface area (Å²) in [5, 5.41) is 4.96. The zero-order chi connectivity index (χ0) is 19.1. The van der Waals surface area contributed by atoms with Crippen LogP contribution in [0.2, 0.25) is 0 Å². The van der Waals surface area contributed by atoms with E-state index in [9.17, 15) is 14.4 Å². The van der Waals surface area contributed by atoms with Crippen molar-refractivity contribution in [1.82, 2.24) is 10.6 Å². The maximum Gasteiger partial charge on any atom is 0.408 e. The largest absolute Gasteiger partial charge is 0.458 e. The van der Waals surface area contributed by atoms with Gasteiger partial charge in [0.2, 0.25) is 5.91 Å². The van der Waals surface area contributed by atoms with E-state index in [2.05, 4.69) is 10.6 Å². The summed E-state index contributed by atoms with van der Waals surface area (Å²) in [6.07, 6.45) is -0.233. The number of carbonyl (C=O) groups is 3. The van der Waals surface area contributed by atoms with Gasteiger partial charge in [0.15, 0.2) is 0 Å². The molecule has 0 aromatic carbocycles. The summed E-state index contributed by atoms with van der Waals surface area (Å²) >= 11 is 0. The molecule has 0 fully saturated rings. The average Bonchev–Trinajstić information content (AvgIpc) is 2.30. The first kappa shape index (κ1) is 22.2. The van der Waals surface area contributed by atoms with Gasteiger partial charge in [-0.3, -0.25) is 4.79 Å². The lowest BCUT2D eigenvalue weighted by Gasteiger charge is -2.25. The number of ether oxygens (including phenoxy) is 2. The lowest BCUT2D eigenvalue weighted by molar-refractivity contribution is -0.159. The molecule has 24 heavy (non-hydrogen) atoms. The van der Waals surface area contributed by atoms with Gasteiger partial charge >= 0.3 is 12.1 Å². The summed E-state index contributed by atoms with van der Waals surface area (Å²) in [6.45, 7) is 14.1. The van der Waals surface area contributed by atoms with Gasteiger partial charge in [-0.05, 0) is 53.9 Å². The molecule has 0 aromatic heterocycles. The molecular formula is C17H32N2O5. The summed E-state index contributed by atoms with van der Waals surface area (Å²) in [4.78, 5) is 35.7. The molecular weight excluding hydrogens is 312 g/mol. The van der Waals surface area contributed by atoms with E-state index in [-0.39, 0.29) is 12.5 Å². The normalized spacial score (nSPS) is 13.2. The third kappa shape index (κ3) is 11.7. The van der Waals surface area contributed by atoms with Crippen molar-refractivity contribution in [2.75, 3.05) is 6.54 Å². The Balaban J connectivity index is 4.60. The number of nitrogens with one attached hydrogen (secondary N) is 2. The van der Waals surface area contributed by atoms with Crippen LogP contribution in [0.5, 0.6) is 0 Å². The number of hydrogen-bond acceptors (Lipinski definition) is 5. The van der Waals surface area contributed by atoms with Crippen LogP contribution in [0.4, 0.5) is 4.79 Å². The lowest BCUT2D eigenvalue weighted by atomic mass is 10.0. The Bertz CT molecular complexity index is 447. The fraction of sp³-hybridized carbons (Fsp3) is 0.824. The van der Waals surface area contributed by atoms with Gasteiger partial charge in [-0.2, -0.15) is 0 Å². The third-order valence-corrected chi connectivity index (χ3v) is 2.53. The van der Waals surface area contributed by atoms with E-state index in [1.54, 1.807) is 41.5 Å². The fourth-order valence-electron chi connectivity index (χ4n) is 1.77. The van der Waals surface area contributed by atoms with E-state index in [1.807, 2.05) is 13.8 Å². The molecule has 0 heterocycles. The Kier molecular flexibility index (Phi) is 8.23. The van der Waals surface area contributed by atoms with Crippen LogP contribution in [-0.2, 0) is 19.1 Å². The topological polar surface area (TPSA) is 93.7 Å². The minimum absolute atomic E-state index is 0.196. The first-order chi connectivity index (χ1) is 10.7. The van der Waals surface area contributed by atoms with Crippen LogP contribution in [0.25, 0.3) is 0 Å². The molecule has 1 atom stereocenters. The first-order valence-electron chi connectivity index (χ1n) is 8.18. The molecule has 0 saturated carbocycles. The molecule has 0 aliphatic rings. The zero-order valence-corrected chi connectivity index (χ0v) is 16.1. The molecule has 0 aliphatic carbocycles. The monoisotopic (exact) mass is 344 g/mol. The molecule has 0 spiro atoms. The van der Waals surface area contributed by atoms with E-state index in [1.165, 1.54) is 0 Å². The molecule has 7 heteroatoms. The van der Waals surface area contributed by atoms with Gasteiger partial charge in [0.25, 0.3) is 0 Å². The second-order valence-corrected chi connectivity index (χ2v) is 8.14. The van der Waals surface area contributed by atoms with Crippen LogP contribution >= 0.6 is 0 Å². The number of amides is 2. The molecule has 0 aliphatic heterocycles. The summed E-state index contributed by atoms with van der Waals surface area (Å²) in [5.74, 6) is -0.763. The molecule has 140 valence electrons. The van der Waals surface area contributed by atoms with E-state index >= 15 is 0 Å². The van der Waals surface area contributed by atoms with Crippen molar-refractivity contribution in [3.05, 3.63) is 0 Å². The Morgan fingerprint density at radius 1 is 0.917 bits per heavy atom. The first-order valence-corrected chi connectivity index (χ1v) is 8.18. The van der Waals surface area contributed by atoms with E-state index in [0.717, 1.165) is 0 Å². The van der Waals surface area contributed by atoms with E-state index in [4.69, 9.17) is 9.47 Å². The molecule has 2 N–H and O–H groups in total. The summed E-state index contributed by atoms with van der Waals surface area (Å²) in [5.41, 5.74) is -1.27. The van der Waals surface area contributed by atoms with Gasteiger partial charge in [0.05, 0.1) is 0 Å². The number of carbonyl (C=O) groups excluding carboxylic acids is 3. The third-order valence-electron chi connectivity index (χ3n) is 2.53. The highest BCUT2D eigenvalue weighted by Gasteiger charge is 2.27. The summed E-state index contributed by atoms with van der Waals surface area (Å²) in [6, 6.07) is -0.753. The van der Waals surface area contributed by atoms with Crippen molar-refractivity contribution in [3.63, 3.8) is 0 Å². The van der Waals surface area contributed by atoms with Crippen molar-refractivity contribution < 1.29 is 23.9 Å². The standard InChI is InChI=1S/C17H32N2O5/c1-11(2)9-12(14(21)23-16(3,4)5)19-13(20)10-18-15(22)24-17(6,7)8/h11-12H,9-10H2,1-8H3,(H,18,22)(H,19,20)/t12-/m0/s1. The number of hydrogen-bond donors (Lipinski definition) is 2. The highest BCUT2D eigenvalue weighted by Crippen LogP contribution is 2.13. The van der Waals surface area contributed by atoms with Crippen molar-refractivity contribution >= 4 is 18.0 Å². The van der Waals surface area contributed by atoms with Crippen molar-refractivity contribution in [2.45, 2.75) is 79.1 Å². The predicted molar refractivity (Wildman–Crippen MR) is 91.5 cm³/mol. The maximum absolute atomic E-state index is 12.2. The number of esters is 1. The maximum atomic E-state index is 12.2. The Labute approximate surface area is 144 Å². The van der Waals surface area contributed by atoms with Crippen LogP contribution in [-0.4, -0.2) is 41.8 Å². The van der Waals surface area contributed by atoms with Gasteiger partial charge < -0.3 is 20.1 Å². The minimum atomic E-state index is -0.753. The van der Waals surface area contributed by atoms with Gasteiger partial charge in [-0.25, -0.2) is 9.59 Å². The Hall–Kier alpha value is -1.79.